The molecule has 1 heteroatoms. The molecule has 0 spiro atoms. The Balaban J connectivity index is 5.23. The van der Waals surface area contributed by atoms with Crippen molar-refractivity contribution in [2.45, 2.75) is 53.5 Å². The van der Waals surface area contributed by atoms with E-state index >= 15 is 0 Å². The van der Waals surface area contributed by atoms with Gasteiger partial charge in [0.15, 0.2) is 0 Å². The van der Waals surface area contributed by atoms with Crippen molar-refractivity contribution in [1.29, 1.82) is 0 Å². The van der Waals surface area contributed by atoms with Crippen molar-refractivity contribution in [2.24, 2.45) is 5.41 Å². The summed E-state index contributed by atoms with van der Waals surface area (Å²) in [5.41, 5.74) is 1.57. The van der Waals surface area contributed by atoms with Crippen LogP contribution in [-0.4, -0.2) is 17.5 Å². The molecule has 0 aromatic heterocycles. The Kier molecular flexibility index (Phi) is 5.74. The van der Waals surface area contributed by atoms with E-state index in [0.29, 0.717) is 0 Å². The topological polar surface area (TPSA) is 3.24 Å². The molecular weight excluding hydrogens is 206 g/mol. The van der Waals surface area contributed by atoms with Crippen molar-refractivity contribution >= 4 is 0 Å². The fraction of sp³-hybridized carbons (Fsp3) is 0.625. The third-order valence-electron chi connectivity index (χ3n) is 3.88. The van der Waals surface area contributed by atoms with E-state index in [0.717, 1.165) is 6.42 Å². The molecule has 0 aromatic rings. The van der Waals surface area contributed by atoms with Gasteiger partial charge in [-0.3, -0.25) is 0 Å². The molecule has 0 saturated carbocycles. The van der Waals surface area contributed by atoms with Crippen LogP contribution in [0, 0.1) is 5.41 Å². The SMILES string of the molecule is C=C/C=C\C(=C/CC)N(C)C(C)(C)C(C)(C)C. The molecule has 0 aliphatic rings. The number of hydrogen-bond acceptors (Lipinski definition) is 1. The highest BCUT2D eigenvalue weighted by Gasteiger charge is 2.36. The van der Waals surface area contributed by atoms with Gasteiger partial charge in [-0.2, -0.15) is 0 Å². The van der Waals surface area contributed by atoms with E-state index in [4.69, 9.17) is 0 Å². The van der Waals surface area contributed by atoms with Crippen LogP contribution in [0.3, 0.4) is 0 Å². The molecule has 0 aromatic carbocycles. The van der Waals surface area contributed by atoms with Gasteiger partial charge in [-0.25, -0.2) is 0 Å². The van der Waals surface area contributed by atoms with Crippen molar-refractivity contribution in [3.05, 3.63) is 36.6 Å². The summed E-state index contributed by atoms with van der Waals surface area (Å²) in [4.78, 5) is 2.36. The Morgan fingerprint density at radius 3 is 2.06 bits per heavy atom. The highest BCUT2D eigenvalue weighted by molar-refractivity contribution is 5.22. The third-order valence-corrected chi connectivity index (χ3v) is 3.88. The third kappa shape index (κ3) is 4.07. The molecule has 0 aliphatic heterocycles. The minimum Gasteiger partial charge on any atom is -0.369 e. The number of rotatable bonds is 5. The second-order valence-electron chi connectivity index (χ2n) is 6.00. The minimum absolute atomic E-state index is 0.0967. The Hall–Kier alpha value is -0.980. The molecule has 0 unspecified atom stereocenters. The first kappa shape index (κ1) is 16.0. The van der Waals surface area contributed by atoms with Crippen molar-refractivity contribution < 1.29 is 0 Å². The summed E-state index contributed by atoms with van der Waals surface area (Å²) in [6.45, 7) is 17.3. The van der Waals surface area contributed by atoms with Crippen molar-refractivity contribution in [2.75, 3.05) is 7.05 Å². The molecule has 0 rings (SSSR count). The first-order valence-electron chi connectivity index (χ1n) is 6.41. The molecule has 0 aliphatic carbocycles. The van der Waals surface area contributed by atoms with Crippen LogP contribution in [0.1, 0.15) is 48.0 Å². The molecule has 0 N–H and O–H groups in total. The monoisotopic (exact) mass is 235 g/mol. The molecule has 0 amide bonds. The van der Waals surface area contributed by atoms with Crippen LogP contribution >= 0.6 is 0 Å². The van der Waals surface area contributed by atoms with Crippen LogP contribution in [0.25, 0.3) is 0 Å². The second kappa shape index (κ2) is 6.09. The summed E-state index contributed by atoms with van der Waals surface area (Å²) >= 11 is 0. The van der Waals surface area contributed by atoms with Crippen molar-refractivity contribution in [3.8, 4) is 0 Å². The maximum atomic E-state index is 3.73. The standard InChI is InChI=1S/C16H29N/c1-9-11-13-14(12-10-2)17(8)16(6,7)15(3,4)5/h9,11-13H,1,10H2,2-8H3/b13-11-,14-12+. The van der Waals surface area contributed by atoms with Gasteiger partial charge in [0.05, 0.1) is 0 Å². The van der Waals surface area contributed by atoms with Gasteiger partial charge in [-0.1, -0.05) is 52.5 Å². The Morgan fingerprint density at radius 1 is 1.18 bits per heavy atom. The number of nitrogens with zero attached hydrogens (tertiary/aromatic N) is 1. The van der Waals surface area contributed by atoms with Gasteiger partial charge in [-0.05, 0) is 31.8 Å². The predicted octanol–water partition coefficient (Wildman–Crippen LogP) is 4.78. The van der Waals surface area contributed by atoms with Gasteiger partial charge in [0.1, 0.15) is 0 Å². The van der Waals surface area contributed by atoms with E-state index in [1.807, 2.05) is 12.2 Å². The van der Waals surface area contributed by atoms with Crippen LogP contribution in [0.4, 0.5) is 0 Å². The second-order valence-corrected chi connectivity index (χ2v) is 6.00. The zero-order valence-electron chi connectivity index (χ0n) is 12.7. The van der Waals surface area contributed by atoms with E-state index in [1.54, 1.807) is 0 Å². The number of likely N-dealkylation sites (N-methyl/N-ethyl adjacent to an activating group) is 1. The fourth-order valence-electron chi connectivity index (χ4n) is 1.52. The van der Waals surface area contributed by atoms with Crippen molar-refractivity contribution in [3.63, 3.8) is 0 Å². The molecule has 0 radical (unpaired) electrons. The highest BCUT2D eigenvalue weighted by atomic mass is 15.2. The smallest absolute Gasteiger partial charge is 0.0390 e. The maximum Gasteiger partial charge on any atom is 0.0390 e. The van der Waals surface area contributed by atoms with Gasteiger partial charge < -0.3 is 4.90 Å². The first-order chi connectivity index (χ1) is 7.68. The van der Waals surface area contributed by atoms with Gasteiger partial charge in [0.25, 0.3) is 0 Å². The molecule has 98 valence electrons. The summed E-state index contributed by atoms with van der Waals surface area (Å²) in [5, 5.41) is 0. The summed E-state index contributed by atoms with van der Waals surface area (Å²) in [7, 11) is 2.17. The van der Waals surface area contributed by atoms with E-state index in [-0.39, 0.29) is 11.0 Å². The maximum absolute atomic E-state index is 3.73. The van der Waals surface area contributed by atoms with E-state index in [9.17, 15) is 0 Å². The Bertz CT molecular complexity index is 300. The van der Waals surface area contributed by atoms with E-state index in [1.165, 1.54) is 5.70 Å². The average molecular weight is 235 g/mol. The Labute approximate surface area is 108 Å². The quantitative estimate of drug-likeness (QED) is 0.620. The summed E-state index contributed by atoms with van der Waals surface area (Å²) in [6, 6.07) is 0. The average Bonchev–Trinajstić information content (AvgIpc) is 2.21. The van der Waals surface area contributed by atoms with Gasteiger partial charge in [-0.15, -0.1) is 0 Å². The lowest BCUT2D eigenvalue weighted by Crippen LogP contribution is -2.50. The van der Waals surface area contributed by atoms with Gasteiger partial charge in [0, 0.05) is 18.3 Å². The van der Waals surface area contributed by atoms with Crippen LogP contribution in [0.15, 0.2) is 36.6 Å². The van der Waals surface area contributed by atoms with E-state index in [2.05, 4.69) is 72.2 Å². The zero-order valence-corrected chi connectivity index (χ0v) is 12.7. The normalized spacial score (nSPS) is 14.2. The summed E-state index contributed by atoms with van der Waals surface area (Å²) in [5.74, 6) is 0. The lowest BCUT2D eigenvalue weighted by atomic mass is 9.75. The summed E-state index contributed by atoms with van der Waals surface area (Å²) < 4.78 is 0. The minimum atomic E-state index is 0.0967. The molecule has 0 heterocycles. The molecule has 0 bridgehead atoms. The summed E-state index contributed by atoms with van der Waals surface area (Å²) in [6.07, 6.45) is 9.25. The highest BCUT2D eigenvalue weighted by Crippen LogP contribution is 2.36. The predicted molar refractivity (Wildman–Crippen MR) is 79.0 cm³/mol. The zero-order chi connectivity index (χ0) is 13.7. The van der Waals surface area contributed by atoms with Crippen LogP contribution in [0.2, 0.25) is 0 Å². The molecule has 1 nitrogen and oxygen atoms in total. The first-order valence-corrected chi connectivity index (χ1v) is 6.41. The van der Waals surface area contributed by atoms with Gasteiger partial charge >= 0.3 is 0 Å². The molecular formula is C16H29N. The van der Waals surface area contributed by atoms with Crippen molar-refractivity contribution in [1.82, 2.24) is 4.90 Å². The van der Waals surface area contributed by atoms with E-state index < -0.39 is 0 Å². The van der Waals surface area contributed by atoms with Gasteiger partial charge in [0.2, 0.25) is 0 Å². The fourth-order valence-corrected chi connectivity index (χ4v) is 1.52. The lowest BCUT2D eigenvalue weighted by Gasteiger charge is -2.47. The van der Waals surface area contributed by atoms with Crippen LogP contribution in [-0.2, 0) is 0 Å². The lowest BCUT2D eigenvalue weighted by molar-refractivity contribution is 0.0741. The van der Waals surface area contributed by atoms with Crippen LogP contribution in [0.5, 0.6) is 0 Å². The number of allylic oxidation sites excluding steroid dienone is 4. The molecule has 17 heavy (non-hydrogen) atoms. The number of hydrogen-bond donors (Lipinski definition) is 0. The molecule has 0 saturated heterocycles. The molecule has 0 fully saturated rings. The largest absolute Gasteiger partial charge is 0.369 e. The Morgan fingerprint density at radius 2 is 1.71 bits per heavy atom. The van der Waals surface area contributed by atoms with Crippen LogP contribution < -0.4 is 0 Å². The molecule has 0 atom stereocenters.